The van der Waals surface area contributed by atoms with Gasteiger partial charge in [-0.2, -0.15) is 0 Å². The summed E-state index contributed by atoms with van der Waals surface area (Å²) >= 11 is 17.1. The zero-order valence-corrected chi connectivity index (χ0v) is 16.8. The predicted octanol–water partition coefficient (Wildman–Crippen LogP) is 4.30. The van der Waals surface area contributed by atoms with Gasteiger partial charge in [-0.3, -0.25) is 4.84 Å². The average Bonchev–Trinajstić information content (AvgIpc) is 2.60. The second-order valence-electron chi connectivity index (χ2n) is 5.34. The lowest BCUT2D eigenvalue weighted by atomic mass is 10.2. The van der Waals surface area contributed by atoms with E-state index < -0.39 is 15.5 Å². The highest BCUT2D eigenvalue weighted by Gasteiger charge is 2.30. The smallest absolute Gasteiger partial charge is 0.241 e. The van der Waals surface area contributed by atoms with E-state index in [1.807, 2.05) is 6.07 Å². The fourth-order valence-electron chi connectivity index (χ4n) is 2.30. The third kappa shape index (κ3) is 6.57. The zero-order valence-electron chi connectivity index (χ0n) is 13.7. The second kappa shape index (κ2) is 10.3. The number of hydrogen-bond acceptors (Lipinski definition) is 5. The van der Waals surface area contributed by atoms with Crippen molar-refractivity contribution in [1.82, 2.24) is 9.09 Å². The van der Waals surface area contributed by atoms with Crippen LogP contribution < -0.4 is 4.31 Å². The monoisotopic (exact) mass is 437 g/mol. The Morgan fingerprint density at radius 3 is 2.38 bits per heavy atom. The molecule has 0 aliphatic heterocycles. The molecule has 0 aliphatic rings. The summed E-state index contributed by atoms with van der Waals surface area (Å²) in [7, 11) is -3.75. The summed E-state index contributed by atoms with van der Waals surface area (Å²) in [6, 6.07) is 13.9. The molecule has 0 aliphatic carbocycles. The minimum Gasteiger partial charge on any atom is -0.269 e. The van der Waals surface area contributed by atoms with Gasteiger partial charge < -0.3 is 0 Å². The van der Waals surface area contributed by atoms with E-state index in [1.54, 1.807) is 42.5 Å². The third-order valence-electron chi connectivity index (χ3n) is 3.40. The molecule has 2 rings (SSSR count). The van der Waals surface area contributed by atoms with E-state index in [0.29, 0.717) is 22.5 Å². The maximum Gasteiger partial charge on any atom is 0.241 e. The second-order valence-corrected chi connectivity index (χ2v) is 8.47. The van der Waals surface area contributed by atoms with E-state index in [9.17, 15) is 8.42 Å². The van der Waals surface area contributed by atoms with Crippen LogP contribution in [-0.4, -0.2) is 29.6 Å². The quantitative estimate of drug-likeness (QED) is 0.182. The van der Waals surface area contributed by atoms with Crippen LogP contribution in [0.5, 0.6) is 0 Å². The summed E-state index contributed by atoms with van der Waals surface area (Å²) in [5.74, 6) is 0.0852. The number of alkyl halides is 1. The molecule has 0 saturated carbocycles. The molecule has 0 bridgehead atoms. The van der Waals surface area contributed by atoms with Gasteiger partial charge >= 0.3 is 0 Å². The number of pyridine rings is 1. The van der Waals surface area contributed by atoms with E-state index in [0.717, 1.165) is 4.31 Å². The molecule has 1 aromatic carbocycles. The number of rotatable bonds is 10. The molecule has 6 nitrogen and oxygen atoms in total. The minimum atomic E-state index is -3.75. The van der Waals surface area contributed by atoms with Crippen molar-refractivity contribution in [1.29, 1.82) is 0 Å². The Labute approximate surface area is 168 Å². The lowest BCUT2D eigenvalue weighted by molar-refractivity contribution is -0.0145. The van der Waals surface area contributed by atoms with Crippen LogP contribution >= 0.6 is 35.2 Å². The minimum absolute atomic E-state index is 0.179. The topological polar surface area (TPSA) is 62.7 Å². The summed E-state index contributed by atoms with van der Waals surface area (Å²) in [5, 5.41) is 0. The number of nitrogens with zero attached hydrogens (tertiary/aromatic N) is 3. The van der Waals surface area contributed by atoms with Crippen molar-refractivity contribution in [3.63, 3.8) is 0 Å². The SMILES string of the molecule is O=S(=O)(Cc1ccccc1)N(c1ccccn1)C(Cl)CCCON(Cl)Cl. The van der Waals surface area contributed by atoms with Crippen molar-refractivity contribution in [3.05, 3.63) is 60.3 Å². The van der Waals surface area contributed by atoms with Crippen molar-refractivity contribution in [2.45, 2.75) is 24.1 Å². The zero-order chi connectivity index (χ0) is 19.0. The standard InChI is InChI=1S/C16H18Cl3N3O3S/c17-15(9-6-12-25-22(18)19)21(16-10-4-5-11-20-16)26(23,24)13-14-7-2-1-3-8-14/h1-5,7-8,10-11,15H,6,9,12-13H2. The summed E-state index contributed by atoms with van der Waals surface area (Å²) in [6.45, 7) is 0.199. The lowest BCUT2D eigenvalue weighted by Crippen LogP contribution is -2.39. The Morgan fingerprint density at radius 1 is 1.08 bits per heavy atom. The predicted molar refractivity (Wildman–Crippen MR) is 104 cm³/mol. The molecule has 2 aromatic rings. The number of halogens is 3. The molecule has 26 heavy (non-hydrogen) atoms. The van der Waals surface area contributed by atoms with Crippen LogP contribution in [0, 0.1) is 0 Å². The van der Waals surface area contributed by atoms with E-state index >= 15 is 0 Å². The Balaban J connectivity index is 2.18. The van der Waals surface area contributed by atoms with Gasteiger partial charge in [-0.05, 0) is 34.6 Å². The Kier molecular flexibility index (Phi) is 8.40. The van der Waals surface area contributed by atoms with Gasteiger partial charge in [0.1, 0.15) is 11.3 Å². The average molecular weight is 439 g/mol. The first-order valence-electron chi connectivity index (χ1n) is 7.76. The number of anilines is 1. The maximum absolute atomic E-state index is 13.0. The summed E-state index contributed by atoms with van der Waals surface area (Å²) in [4.78, 5) is 9.03. The van der Waals surface area contributed by atoms with Crippen LogP contribution in [0.3, 0.4) is 0 Å². The van der Waals surface area contributed by atoms with Crippen LogP contribution in [0.25, 0.3) is 0 Å². The number of hydrogen-bond donors (Lipinski definition) is 0. The van der Waals surface area contributed by atoms with Crippen LogP contribution in [0.1, 0.15) is 18.4 Å². The molecular formula is C16H18Cl3N3O3S. The molecular weight excluding hydrogens is 421 g/mol. The first-order valence-corrected chi connectivity index (χ1v) is 10.5. The van der Waals surface area contributed by atoms with Gasteiger partial charge in [0, 0.05) is 29.8 Å². The number of sulfonamides is 1. The van der Waals surface area contributed by atoms with Gasteiger partial charge in [-0.25, -0.2) is 17.7 Å². The first kappa shape index (κ1) is 21.2. The van der Waals surface area contributed by atoms with E-state index in [2.05, 4.69) is 4.98 Å². The summed E-state index contributed by atoms with van der Waals surface area (Å²) in [6.07, 6.45) is 2.30. The molecule has 0 fully saturated rings. The molecule has 10 heteroatoms. The van der Waals surface area contributed by atoms with E-state index in [4.69, 9.17) is 40.0 Å². The molecule has 1 unspecified atom stereocenters. The third-order valence-corrected chi connectivity index (χ3v) is 5.86. The molecule has 0 saturated heterocycles. The van der Waals surface area contributed by atoms with Gasteiger partial charge in [-0.15, -0.1) is 0 Å². The molecule has 142 valence electrons. The van der Waals surface area contributed by atoms with E-state index in [1.165, 1.54) is 6.20 Å². The van der Waals surface area contributed by atoms with Crippen LogP contribution in [0.15, 0.2) is 54.7 Å². The highest BCUT2D eigenvalue weighted by atomic mass is 35.5. The molecule has 0 N–H and O–H groups in total. The van der Waals surface area contributed by atoms with Crippen molar-refractivity contribution >= 4 is 51.0 Å². The van der Waals surface area contributed by atoms with Crippen LogP contribution in [0.2, 0.25) is 0 Å². The Hall–Kier alpha value is -1.09. The molecule has 1 aromatic heterocycles. The highest BCUT2D eigenvalue weighted by Crippen LogP contribution is 2.25. The van der Waals surface area contributed by atoms with Gasteiger partial charge in [-0.1, -0.05) is 48.0 Å². The fraction of sp³-hybridized carbons (Fsp3) is 0.312. The molecule has 0 amide bonds. The summed E-state index contributed by atoms with van der Waals surface area (Å²) < 4.78 is 27.7. The fourth-order valence-corrected chi connectivity index (χ4v) is 4.66. The van der Waals surface area contributed by atoms with Crippen molar-refractivity contribution in [2.75, 3.05) is 10.9 Å². The molecule has 0 radical (unpaired) electrons. The number of aromatic nitrogens is 1. The molecule has 1 atom stereocenters. The van der Waals surface area contributed by atoms with Crippen molar-refractivity contribution in [3.8, 4) is 0 Å². The Morgan fingerprint density at radius 2 is 1.77 bits per heavy atom. The Bertz CT molecular complexity index is 764. The summed E-state index contributed by atoms with van der Waals surface area (Å²) in [5.41, 5.74) is -0.165. The van der Waals surface area contributed by atoms with Crippen LogP contribution in [-0.2, 0) is 20.6 Å². The molecule has 0 spiro atoms. The molecule has 1 heterocycles. The van der Waals surface area contributed by atoms with Gasteiger partial charge in [0.15, 0.2) is 0 Å². The number of benzene rings is 1. The van der Waals surface area contributed by atoms with E-state index in [-0.39, 0.29) is 18.2 Å². The van der Waals surface area contributed by atoms with Crippen LogP contribution in [0.4, 0.5) is 5.82 Å². The normalized spacial score (nSPS) is 12.9. The van der Waals surface area contributed by atoms with Gasteiger partial charge in [0.2, 0.25) is 10.0 Å². The first-order chi connectivity index (χ1) is 12.4. The van der Waals surface area contributed by atoms with Gasteiger partial charge in [0.25, 0.3) is 0 Å². The highest BCUT2D eigenvalue weighted by molar-refractivity contribution is 7.92. The van der Waals surface area contributed by atoms with Gasteiger partial charge in [0.05, 0.1) is 12.4 Å². The maximum atomic E-state index is 13.0. The van der Waals surface area contributed by atoms with Crippen molar-refractivity contribution < 1.29 is 13.3 Å². The largest absolute Gasteiger partial charge is 0.269 e. The van der Waals surface area contributed by atoms with Crippen molar-refractivity contribution in [2.24, 2.45) is 0 Å². The lowest BCUT2D eigenvalue weighted by Gasteiger charge is -2.28.